The molecule has 0 amide bonds. The monoisotopic (exact) mass is 421 g/mol. The van der Waals surface area contributed by atoms with E-state index in [0.29, 0.717) is 11.4 Å². The Bertz CT molecular complexity index is 603. The zero-order chi connectivity index (χ0) is 16.5. The first-order valence-corrected chi connectivity index (χ1v) is 8.09. The summed E-state index contributed by atoms with van der Waals surface area (Å²) in [6, 6.07) is 7.08. The molecule has 0 saturated heterocycles. The summed E-state index contributed by atoms with van der Waals surface area (Å²) < 4.78 is 1.50. The fourth-order valence-corrected chi connectivity index (χ4v) is 2.48. The van der Waals surface area contributed by atoms with Crippen molar-refractivity contribution in [2.24, 2.45) is 9.98 Å². The van der Waals surface area contributed by atoms with Crippen LogP contribution < -0.4 is 9.64 Å². The van der Waals surface area contributed by atoms with Crippen LogP contribution in [0, 0.1) is 0 Å². The lowest BCUT2D eigenvalue weighted by Crippen LogP contribution is -2.44. The summed E-state index contributed by atoms with van der Waals surface area (Å²) in [5.41, 5.74) is 0.706. The van der Waals surface area contributed by atoms with Crippen LogP contribution in [0.3, 0.4) is 0 Å². The second-order valence-corrected chi connectivity index (χ2v) is 8.74. The van der Waals surface area contributed by atoms with E-state index in [9.17, 15) is 0 Å². The number of rotatable bonds is 2. The molecule has 10 heteroatoms. The number of hydrogen-bond donors (Lipinski definition) is 0. The van der Waals surface area contributed by atoms with Crippen LogP contribution in [0.1, 0.15) is 0 Å². The number of amidine groups is 2. The molecule has 1 heterocycles. The fraction of sp³-hybridized carbons (Fsp3) is 0.333. The number of alkyl halides is 6. The number of benzene rings is 1. The normalized spacial score (nSPS) is 16.2. The second-order valence-electron chi connectivity index (χ2n) is 4.18. The van der Waals surface area contributed by atoms with Gasteiger partial charge in [0.1, 0.15) is 12.4 Å². The van der Waals surface area contributed by atoms with Crippen LogP contribution in [0.4, 0.5) is 5.69 Å². The van der Waals surface area contributed by atoms with E-state index in [1.54, 1.807) is 36.3 Å². The maximum atomic E-state index is 5.98. The van der Waals surface area contributed by atoms with Gasteiger partial charge >= 0.3 is 0 Å². The lowest BCUT2D eigenvalue weighted by atomic mass is 10.2. The van der Waals surface area contributed by atoms with Crippen molar-refractivity contribution in [3.63, 3.8) is 0 Å². The predicted molar refractivity (Wildman–Crippen MR) is 95.8 cm³/mol. The third-order valence-electron chi connectivity index (χ3n) is 2.72. The van der Waals surface area contributed by atoms with Gasteiger partial charge < -0.3 is 9.64 Å². The zero-order valence-electron chi connectivity index (χ0n) is 11.0. The van der Waals surface area contributed by atoms with E-state index in [-0.39, 0.29) is 18.3 Å². The summed E-state index contributed by atoms with van der Waals surface area (Å²) >= 11 is 35.3. The molecule has 22 heavy (non-hydrogen) atoms. The van der Waals surface area contributed by atoms with E-state index < -0.39 is 7.59 Å². The number of nitrogens with zero attached hydrogens (tertiary/aromatic N) is 3. The summed E-state index contributed by atoms with van der Waals surface area (Å²) in [5.74, 6) is 0.751. The first-order chi connectivity index (χ1) is 10.1. The Labute approximate surface area is 157 Å². The highest BCUT2D eigenvalue weighted by molar-refractivity contribution is 6.79. The largest absolute Gasteiger partial charge is 0.497 e. The molecule has 0 spiro atoms. The molecule has 4 nitrogen and oxygen atoms in total. The molecular weight excluding hydrogens is 415 g/mol. The van der Waals surface area contributed by atoms with Gasteiger partial charge in [0.25, 0.3) is 0 Å². The van der Waals surface area contributed by atoms with E-state index >= 15 is 0 Å². The molecule has 1 aromatic carbocycles. The molecule has 0 atom stereocenters. The molecule has 0 saturated carbocycles. The van der Waals surface area contributed by atoms with Crippen LogP contribution in [-0.2, 0) is 0 Å². The SMILES string of the molecule is COc1ccc(N2CN=C(C(Cl)(Cl)Cl)N=C2C(Cl)(Cl)Cl)cc1. The van der Waals surface area contributed by atoms with Gasteiger partial charge in [-0.1, -0.05) is 69.6 Å². The molecule has 1 aromatic rings. The summed E-state index contributed by atoms with van der Waals surface area (Å²) in [5, 5.41) is 0. The minimum atomic E-state index is -1.81. The maximum Gasteiger partial charge on any atom is 0.249 e. The third kappa shape index (κ3) is 4.25. The van der Waals surface area contributed by atoms with E-state index in [2.05, 4.69) is 9.98 Å². The zero-order valence-corrected chi connectivity index (χ0v) is 15.6. The van der Waals surface area contributed by atoms with Gasteiger partial charge in [-0.15, -0.1) is 0 Å². The summed E-state index contributed by atoms with van der Waals surface area (Å²) in [6.45, 7) is 0.0995. The van der Waals surface area contributed by atoms with Crippen molar-refractivity contribution < 1.29 is 4.74 Å². The standard InChI is InChI=1S/C12H9Cl6N3O/c1-22-8-4-2-7(3-5-8)21-6-19-9(11(13,14)15)20-10(21)12(16,17)18/h2-5H,6H2,1H3. The van der Waals surface area contributed by atoms with Gasteiger partial charge in [-0.05, 0) is 24.3 Å². The first-order valence-electron chi connectivity index (χ1n) is 5.82. The molecule has 0 unspecified atom stereocenters. The first kappa shape index (κ1) is 18.2. The molecule has 0 aromatic heterocycles. The van der Waals surface area contributed by atoms with Crippen molar-refractivity contribution >= 4 is 87.0 Å². The van der Waals surface area contributed by atoms with Gasteiger partial charge in [-0.2, -0.15) is 0 Å². The van der Waals surface area contributed by atoms with Crippen LogP contribution in [0.2, 0.25) is 0 Å². The molecule has 0 fully saturated rings. The molecule has 0 bridgehead atoms. The van der Waals surface area contributed by atoms with Crippen LogP contribution in [0.5, 0.6) is 5.75 Å². The molecule has 0 aliphatic carbocycles. The van der Waals surface area contributed by atoms with Gasteiger partial charge in [-0.3, -0.25) is 0 Å². The average molecular weight is 424 g/mol. The second kappa shape index (κ2) is 6.80. The predicted octanol–water partition coefficient (Wildman–Crippen LogP) is 5.01. The molecule has 0 N–H and O–H groups in total. The highest BCUT2D eigenvalue weighted by atomic mass is 35.6. The van der Waals surface area contributed by atoms with E-state index in [0.717, 1.165) is 0 Å². The number of hydrogen-bond acceptors (Lipinski definition) is 4. The molecule has 2 rings (SSSR count). The summed E-state index contributed by atoms with van der Waals surface area (Å²) in [4.78, 5) is 9.81. The van der Waals surface area contributed by atoms with Gasteiger partial charge in [0.2, 0.25) is 7.59 Å². The van der Waals surface area contributed by atoms with Gasteiger partial charge in [0.05, 0.1) is 7.11 Å². The number of anilines is 1. The van der Waals surface area contributed by atoms with Crippen molar-refractivity contribution in [1.29, 1.82) is 0 Å². The maximum absolute atomic E-state index is 5.98. The van der Waals surface area contributed by atoms with Crippen LogP contribution in [0.25, 0.3) is 0 Å². The van der Waals surface area contributed by atoms with Crippen molar-refractivity contribution in [2.45, 2.75) is 7.59 Å². The molecule has 0 radical (unpaired) electrons. The minimum absolute atomic E-state index is 0.0383. The number of aliphatic imine (C=N–C) groups is 2. The highest BCUT2D eigenvalue weighted by Gasteiger charge is 2.39. The minimum Gasteiger partial charge on any atom is -0.497 e. The van der Waals surface area contributed by atoms with E-state index in [1.165, 1.54) is 0 Å². The molecule has 120 valence electrons. The summed E-state index contributed by atoms with van der Waals surface area (Å²) in [7, 11) is 1.57. The van der Waals surface area contributed by atoms with Crippen molar-refractivity contribution in [3.05, 3.63) is 24.3 Å². The molecule has 1 aliphatic rings. The fourth-order valence-electron chi connectivity index (χ4n) is 1.74. The Morgan fingerprint density at radius 1 is 1.00 bits per heavy atom. The molecule has 1 aliphatic heterocycles. The lowest BCUT2D eigenvalue weighted by Gasteiger charge is -2.32. The number of methoxy groups -OCH3 is 1. The number of halogens is 6. The van der Waals surface area contributed by atoms with Crippen LogP contribution >= 0.6 is 69.6 Å². The molecular formula is C12H9Cl6N3O. The smallest absolute Gasteiger partial charge is 0.249 e. The van der Waals surface area contributed by atoms with Gasteiger partial charge in [0.15, 0.2) is 11.7 Å². The van der Waals surface area contributed by atoms with E-state index in [1.807, 2.05) is 0 Å². The number of ether oxygens (including phenoxy) is 1. The van der Waals surface area contributed by atoms with Gasteiger partial charge in [0, 0.05) is 5.69 Å². The Balaban J connectivity index is 2.40. The average Bonchev–Trinajstić information content (AvgIpc) is 2.45. The van der Waals surface area contributed by atoms with Gasteiger partial charge in [-0.25, -0.2) is 9.98 Å². The van der Waals surface area contributed by atoms with Crippen LogP contribution in [0.15, 0.2) is 34.3 Å². The Hall–Kier alpha value is -0.100. The van der Waals surface area contributed by atoms with Crippen molar-refractivity contribution in [3.8, 4) is 5.75 Å². The third-order valence-corrected chi connectivity index (χ3v) is 3.73. The Morgan fingerprint density at radius 3 is 2.05 bits per heavy atom. The van der Waals surface area contributed by atoms with E-state index in [4.69, 9.17) is 74.3 Å². The highest BCUT2D eigenvalue weighted by Crippen LogP contribution is 2.37. The Kier molecular flexibility index (Phi) is 5.63. The Morgan fingerprint density at radius 2 is 1.59 bits per heavy atom. The topological polar surface area (TPSA) is 37.2 Å². The van der Waals surface area contributed by atoms with Crippen LogP contribution in [-0.4, -0.2) is 33.0 Å². The van der Waals surface area contributed by atoms with Crippen molar-refractivity contribution in [2.75, 3.05) is 18.7 Å². The quantitative estimate of drug-likeness (QED) is 0.627. The summed E-state index contributed by atoms with van der Waals surface area (Å²) in [6.07, 6.45) is 0. The van der Waals surface area contributed by atoms with Crippen molar-refractivity contribution in [1.82, 2.24) is 0 Å². The lowest BCUT2D eigenvalue weighted by molar-refractivity contribution is 0.415.